The number of likely N-dealkylation sites (N-methyl/N-ethyl adjacent to an activating group) is 1. The van der Waals surface area contributed by atoms with E-state index in [1.165, 1.54) is 11.1 Å². The Bertz CT molecular complexity index is 823. The molecule has 2 heterocycles. The Labute approximate surface area is 152 Å². The van der Waals surface area contributed by atoms with Crippen molar-refractivity contribution in [2.24, 2.45) is 0 Å². The number of carbonyl (C=O) groups excluding carboxylic acids is 3. The van der Waals surface area contributed by atoms with Gasteiger partial charge in [-0.15, -0.1) is 0 Å². The summed E-state index contributed by atoms with van der Waals surface area (Å²) in [7, 11) is 1.61. The Morgan fingerprint density at radius 3 is 2.50 bits per heavy atom. The lowest BCUT2D eigenvalue weighted by molar-refractivity contribution is -0.132. The number of amides is 3. The third kappa shape index (κ3) is 3.22. The van der Waals surface area contributed by atoms with Crippen LogP contribution in [0.15, 0.2) is 54.9 Å². The minimum absolute atomic E-state index is 0.269. The third-order valence-corrected chi connectivity index (χ3v) is 4.99. The third-order valence-electron chi connectivity index (χ3n) is 4.99. The van der Waals surface area contributed by atoms with Crippen LogP contribution in [0.25, 0.3) is 0 Å². The Kier molecular flexibility index (Phi) is 4.84. The standard InChI is InChI=1S/C20H21N3O3/c1-20(11-10-15-7-4-3-5-8-15)18(25)23(19(26)22(20)2)14-17(24)16-9-6-12-21-13-16/h3-9,12-13H,10-11,14H2,1-2H3. The zero-order valence-corrected chi connectivity index (χ0v) is 14.9. The van der Waals surface area contributed by atoms with Gasteiger partial charge in [-0.3, -0.25) is 19.5 Å². The summed E-state index contributed by atoms with van der Waals surface area (Å²) < 4.78 is 0. The molecule has 6 nitrogen and oxygen atoms in total. The summed E-state index contributed by atoms with van der Waals surface area (Å²) in [6.07, 6.45) is 4.17. The Morgan fingerprint density at radius 1 is 1.12 bits per heavy atom. The van der Waals surface area contributed by atoms with Crippen LogP contribution >= 0.6 is 0 Å². The van der Waals surface area contributed by atoms with Gasteiger partial charge in [-0.2, -0.15) is 0 Å². The van der Waals surface area contributed by atoms with Crippen LogP contribution in [-0.2, 0) is 11.2 Å². The molecule has 1 saturated heterocycles. The predicted molar refractivity (Wildman–Crippen MR) is 96.6 cm³/mol. The lowest BCUT2D eigenvalue weighted by atomic mass is 9.92. The van der Waals surface area contributed by atoms with Gasteiger partial charge < -0.3 is 4.90 Å². The summed E-state index contributed by atoms with van der Waals surface area (Å²) in [6.45, 7) is 1.49. The molecule has 0 aliphatic carbocycles. The van der Waals surface area contributed by atoms with Crippen LogP contribution in [0.3, 0.4) is 0 Å². The lowest BCUT2D eigenvalue weighted by Gasteiger charge is -2.28. The summed E-state index contributed by atoms with van der Waals surface area (Å²) >= 11 is 0. The van der Waals surface area contributed by atoms with Gasteiger partial charge in [0.25, 0.3) is 5.91 Å². The van der Waals surface area contributed by atoms with Gasteiger partial charge in [-0.1, -0.05) is 30.3 Å². The van der Waals surface area contributed by atoms with E-state index in [4.69, 9.17) is 0 Å². The van der Waals surface area contributed by atoms with E-state index in [9.17, 15) is 14.4 Å². The van der Waals surface area contributed by atoms with Gasteiger partial charge in [0.1, 0.15) is 5.54 Å². The van der Waals surface area contributed by atoms with Crippen LogP contribution in [0.4, 0.5) is 4.79 Å². The average molecular weight is 351 g/mol. The highest BCUT2D eigenvalue weighted by Gasteiger charge is 2.52. The Morgan fingerprint density at radius 2 is 1.85 bits per heavy atom. The fourth-order valence-electron chi connectivity index (χ4n) is 3.12. The molecular formula is C20H21N3O3. The minimum Gasteiger partial charge on any atom is -0.313 e. The van der Waals surface area contributed by atoms with Gasteiger partial charge in [0.05, 0.1) is 6.54 Å². The van der Waals surface area contributed by atoms with E-state index < -0.39 is 11.6 Å². The fourth-order valence-corrected chi connectivity index (χ4v) is 3.12. The van der Waals surface area contributed by atoms with Crippen LogP contribution in [0.2, 0.25) is 0 Å². The molecule has 26 heavy (non-hydrogen) atoms. The second-order valence-corrected chi connectivity index (χ2v) is 6.66. The molecule has 1 aromatic heterocycles. The van der Waals surface area contributed by atoms with E-state index in [1.54, 1.807) is 32.3 Å². The molecule has 0 bridgehead atoms. The lowest BCUT2D eigenvalue weighted by Crippen LogP contribution is -2.45. The molecule has 1 aliphatic rings. The summed E-state index contributed by atoms with van der Waals surface area (Å²) in [6, 6.07) is 12.7. The van der Waals surface area contributed by atoms with Gasteiger partial charge in [0.15, 0.2) is 5.78 Å². The molecule has 3 amide bonds. The molecule has 1 aromatic carbocycles. The number of imide groups is 1. The smallest absolute Gasteiger partial charge is 0.313 e. The van der Waals surface area contributed by atoms with Gasteiger partial charge in [-0.05, 0) is 37.5 Å². The van der Waals surface area contributed by atoms with Crippen molar-refractivity contribution >= 4 is 17.7 Å². The molecule has 1 fully saturated rings. The number of hydrogen-bond acceptors (Lipinski definition) is 4. The van der Waals surface area contributed by atoms with Gasteiger partial charge >= 0.3 is 6.03 Å². The van der Waals surface area contributed by atoms with Crippen LogP contribution in [-0.4, -0.2) is 51.6 Å². The van der Waals surface area contributed by atoms with Crippen LogP contribution in [0.5, 0.6) is 0 Å². The molecule has 3 rings (SSSR count). The summed E-state index contributed by atoms with van der Waals surface area (Å²) in [5, 5.41) is 0. The first-order valence-corrected chi connectivity index (χ1v) is 8.50. The second-order valence-electron chi connectivity index (χ2n) is 6.66. The summed E-state index contributed by atoms with van der Waals surface area (Å²) in [5.74, 6) is -0.640. The first-order chi connectivity index (χ1) is 12.4. The van der Waals surface area contributed by atoms with Gasteiger partial charge in [0, 0.05) is 25.0 Å². The molecule has 1 atom stereocenters. The van der Waals surface area contributed by atoms with E-state index in [1.807, 2.05) is 30.3 Å². The molecule has 0 radical (unpaired) electrons. The number of ketones is 1. The van der Waals surface area contributed by atoms with Gasteiger partial charge in [-0.25, -0.2) is 4.79 Å². The van der Waals surface area contributed by atoms with Crippen LogP contribution in [0.1, 0.15) is 29.3 Å². The van der Waals surface area contributed by atoms with Crippen molar-refractivity contribution in [3.05, 3.63) is 66.0 Å². The van der Waals surface area contributed by atoms with E-state index >= 15 is 0 Å². The number of Topliss-reactive ketones (excluding diaryl/α,β-unsaturated/α-hetero) is 1. The van der Waals surface area contributed by atoms with E-state index in [-0.39, 0.29) is 18.2 Å². The SMILES string of the molecule is CN1C(=O)N(CC(=O)c2cccnc2)C(=O)C1(C)CCc1ccccc1. The zero-order valence-electron chi connectivity index (χ0n) is 14.9. The number of benzene rings is 1. The number of nitrogens with zero attached hydrogens (tertiary/aromatic N) is 3. The van der Waals surface area contributed by atoms with Crippen molar-refractivity contribution in [2.45, 2.75) is 25.3 Å². The summed E-state index contributed by atoms with van der Waals surface area (Å²) in [4.78, 5) is 44.3. The van der Waals surface area contributed by atoms with Crippen LogP contribution < -0.4 is 0 Å². The number of pyridine rings is 1. The number of rotatable bonds is 6. The molecule has 0 spiro atoms. The fraction of sp³-hybridized carbons (Fsp3) is 0.300. The zero-order chi connectivity index (χ0) is 18.7. The normalized spacial score (nSPS) is 19.9. The Balaban J connectivity index is 1.74. The summed E-state index contributed by atoms with van der Waals surface area (Å²) in [5.41, 5.74) is 0.531. The number of carbonyl (C=O) groups is 3. The molecule has 2 aromatic rings. The highest BCUT2D eigenvalue weighted by atomic mass is 16.2. The first kappa shape index (κ1) is 17.8. The highest BCUT2D eigenvalue weighted by Crippen LogP contribution is 2.31. The maximum absolute atomic E-state index is 12.9. The number of hydrogen-bond donors (Lipinski definition) is 0. The minimum atomic E-state index is -0.956. The maximum Gasteiger partial charge on any atom is 0.327 e. The van der Waals surface area contributed by atoms with Crippen molar-refractivity contribution in [1.29, 1.82) is 0 Å². The van der Waals surface area contributed by atoms with Crippen molar-refractivity contribution in [1.82, 2.24) is 14.8 Å². The number of aryl methyl sites for hydroxylation is 1. The quantitative estimate of drug-likeness (QED) is 0.592. The van der Waals surface area contributed by atoms with E-state index in [2.05, 4.69) is 4.98 Å². The number of urea groups is 1. The monoisotopic (exact) mass is 351 g/mol. The van der Waals surface area contributed by atoms with Crippen molar-refractivity contribution in [3.8, 4) is 0 Å². The molecule has 1 aliphatic heterocycles. The van der Waals surface area contributed by atoms with Gasteiger partial charge in [0.2, 0.25) is 0 Å². The molecule has 1 unspecified atom stereocenters. The maximum atomic E-state index is 12.9. The molecule has 0 saturated carbocycles. The van der Waals surface area contributed by atoms with Crippen molar-refractivity contribution in [2.75, 3.05) is 13.6 Å². The van der Waals surface area contributed by atoms with E-state index in [0.717, 1.165) is 10.5 Å². The van der Waals surface area contributed by atoms with Crippen molar-refractivity contribution < 1.29 is 14.4 Å². The largest absolute Gasteiger partial charge is 0.327 e. The predicted octanol–water partition coefficient (Wildman–Crippen LogP) is 2.55. The average Bonchev–Trinajstić information content (AvgIpc) is 2.84. The molecule has 6 heteroatoms. The first-order valence-electron chi connectivity index (χ1n) is 8.50. The Hall–Kier alpha value is -3.02. The number of aromatic nitrogens is 1. The molecule has 134 valence electrons. The second kappa shape index (κ2) is 7.07. The van der Waals surface area contributed by atoms with Crippen LogP contribution in [0, 0.1) is 0 Å². The van der Waals surface area contributed by atoms with Crippen molar-refractivity contribution in [3.63, 3.8) is 0 Å². The van der Waals surface area contributed by atoms with E-state index in [0.29, 0.717) is 18.4 Å². The topological polar surface area (TPSA) is 70.6 Å². The molecule has 0 N–H and O–H groups in total. The highest BCUT2D eigenvalue weighted by molar-refractivity contribution is 6.10. The molecular weight excluding hydrogens is 330 g/mol.